The number of rotatable bonds is 2. The highest BCUT2D eigenvalue weighted by molar-refractivity contribution is 9.10. The van der Waals surface area contributed by atoms with Crippen LogP contribution in [0.5, 0.6) is 0 Å². The summed E-state index contributed by atoms with van der Waals surface area (Å²) in [4.78, 5) is 13.1. The van der Waals surface area contributed by atoms with Gasteiger partial charge in [0.25, 0.3) is 0 Å². The lowest BCUT2D eigenvalue weighted by atomic mass is 10.2. The van der Waals surface area contributed by atoms with Gasteiger partial charge in [-0.25, -0.2) is 0 Å². The van der Waals surface area contributed by atoms with Crippen LogP contribution in [0.3, 0.4) is 0 Å². The molecule has 2 rings (SSSR count). The number of β-amino-alcohol motifs (C(OH)–C–C–N with tert-alkyl or cyclic N) is 1. The second-order valence-corrected chi connectivity index (χ2v) is 4.68. The van der Waals surface area contributed by atoms with Gasteiger partial charge in [-0.05, 0) is 17.7 Å². The lowest BCUT2D eigenvalue weighted by Gasteiger charge is -2.15. The average Bonchev–Trinajstić information content (AvgIpc) is 2.45. The number of nitrogens with zero attached hydrogens (tertiary/aromatic N) is 1. The number of hydrogen-bond donors (Lipinski definition) is 1. The number of aliphatic hydroxyl groups is 1. The molecule has 1 amide bonds. The van der Waals surface area contributed by atoms with Gasteiger partial charge in [0.15, 0.2) is 0 Å². The Kier molecular flexibility index (Phi) is 3.07. The third kappa shape index (κ3) is 2.58. The van der Waals surface area contributed by atoms with Crippen LogP contribution in [0.25, 0.3) is 0 Å². The Morgan fingerprint density at radius 3 is 2.93 bits per heavy atom. The lowest BCUT2D eigenvalue weighted by molar-refractivity contribution is -0.128. The van der Waals surface area contributed by atoms with E-state index < -0.39 is 6.10 Å². The predicted molar refractivity (Wildman–Crippen MR) is 60.2 cm³/mol. The van der Waals surface area contributed by atoms with Gasteiger partial charge >= 0.3 is 0 Å². The maximum absolute atomic E-state index is 11.4. The van der Waals surface area contributed by atoms with Gasteiger partial charge in [0.2, 0.25) is 5.91 Å². The van der Waals surface area contributed by atoms with Crippen LogP contribution in [-0.4, -0.2) is 28.6 Å². The van der Waals surface area contributed by atoms with E-state index in [2.05, 4.69) is 15.9 Å². The van der Waals surface area contributed by atoms with Crippen LogP contribution in [0.2, 0.25) is 0 Å². The number of halogens is 1. The highest BCUT2D eigenvalue weighted by Crippen LogP contribution is 2.17. The monoisotopic (exact) mass is 269 g/mol. The fraction of sp³-hybridized carbons (Fsp3) is 0.364. The summed E-state index contributed by atoms with van der Waals surface area (Å²) in [6, 6.07) is 7.85. The molecule has 0 aromatic heterocycles. The Morgan fingerprint density at radius 2 is 2.33 bits per heavy atom. The van der Waals surface area contributed by atoms with Crippen molar-refractivity contribution >= 4 is 21.8 Å². The summed E-state index contributed by atoms with van der Waals surface area (Å²) in [5.41, 5.74) is 1.08. The molecule has 1 unspecified atom stereocenters. The van der Waals surface area contributed by atoms with Gasteiger partial charge in [0, 0.05) is 17.6 Å². The molecule has 0 saturated carbocycles. The number of benzene rings is 1. The van der Waals surface area contributed by atoms with E-state index in [0.717, 1.165) is 10.0 Å². The molecule has 1 aliphatic rings. The largest absolute Gasteiger partial charge is 0.391 e. The molecule has 1 saturated heterocycles. The van der Waals surface area contributed by atoms with E-state index in [-0.39, 0.29) is 12.3 Å². The van der Waals surface area contributed by atoms with Crippen LogP contribution in [0.1, 0.15) is 12.0 Å². The molecule has 1 aromatic carbocycles. The van der Waals surface area contributed by atoms with Crippen molar-refractivity contribution in [1.29, 1.82) is 0 Å². The van der Waals surface area contributed by atoms with Gasteiger partial charge in [0.1, 0.15) is 0 Å². The highest BCUT2D eigenvalue weighted by Gasteiger charge is 2.27. The minimum absolute atomic E-state index is 0.0301. The molecule has 1 aliphatic heterocycles. The molecule has 0 bridgehead atoms. The van der Waals surface area contributed by atoms with Crippen LogP contribution < -0.4 is 0 Å². The smallest absolute Gasteiger partial charge is 0.225 e. The molecule has 1 aromatic rings. The van der Waals surface area contributed by atoms with Crippen molar-refractivity contribution < 1.29 is 9.90 Å². The first-order valence-electron chi connectivity index (χ1n) is 4.85. The van der Waals surface area contributed by atoms with Crippen molar-refractivity contribution in [2.45, 2.75) is 19.1 Å². The van der Waals surface area contributed by atoms with Gasteiger partial charge in [-0.3, -0.25) is 4.79 Å². The minimum atomic E-state index is -0.496. The molecule has 0 radical (unpaired) electrons. The van der Waals surface area contributed by atoms with E-state index in [0.29, 0.717) is 13.1 Å². The molecule has 1 atom stereocenters. The van der Waals surface area contributed by atoms with E-state index in [4.69, 9.17) is 0 Å². The molecule has 4 heteroatoms. The number of amides is 1. The maximum Gasteiger partial charge on any atom is 0.225 e. The summed E-state index contributed by atoms with van der Waals surface area (Å²) in [6.45, 7) is 1.03. The Hall–Kier alpha value is -0.870. The molecule has 1 fully saturated rings. The molecule has 0 aliphatic carbocycles. The van der Waals surface area contributed by atoms with Crippen LogP contribution in [0.4, 0.5) is 0 Å². The fourth-order valence-corrected chi connectivity index (χ4v) is 2.21. The molecule has 80 valence electrons. The van der Waals surface area contributed by atoms with Gasteiger partial charge in [-0.15, -0.1) is 0 Å². The Morgan fingerprint density at radius 1 is 1.53 bits per heavy atom. The molecule has 0 spiro atoms. The first kappa shape index (κ1) is 10.6. The first-order valence-corrected chi connectivity index (χ1v) is 5.65. The number of carbonyl (C=O) groups is 1. The van der Waals surface area contributed by atoms with Crippen LogP contribution >= 0.6 is 15.9 Å². The average molecular weight is 270 g/mol. The SMILES string of the molecule is O=C1CC(O)CN1Cc1cccc(Br)c1. The summed E-state index contributed by atoms with van der Waals surface area (Å²) >= 11 is 3.39. The molecule has 1 heterocycles. The van der Waals surface area contributed by atoms with E-state index in [1.807, 2.05) is 24.3 Å². The van der Waals surface area contributed by atoms with E-state index in [9.17, 15) is 9.90 Å². The Labute approximate surface area is 96.8 Å². The van der Waals surface area contributed by atoms with Crippen molar-refractivity contribution in [3.8, 4) is 0 Å². The summed E-state index contributed by atoms with van der Waals surface area (Å²) in [7, 11) is 0. The van der Waals surface area contributed by atoms with Crippen LogP contribution in [-0.2, 0) is 11.3 Å². The molecule has 1 N–H and O–H groups in total. The molecular formula is C11H12BrNO2. The zero-order chi connectivity index (χ0) is 10.8. The second-order valence-electron chi connectivity index (χ2n) is 3.76. The minimum Gasteiger partial charge on any atom is -0.391 e. The van der Waals surface area contributed by atoms with E-state index in [1.54, 1.807) is 4.90 Å². The molecule has 3 nitrogen and oxygen atoms in total. The predicted octanol–water partition coefficient (Wildman–Crippen LogP) is 1.54. The third-order valence-electron chi connectivity index (χ3n) is 2.46. The topological polar surface area (TPSA) is 40.5 Å². The van der Waals surface area contributed by atoms with Gasteiger partial charge < -0.3 is 10.0 Å². The lowest BCUT2D eigenvalue weighted by Crippen LogP contribution is -2.25. The fourth-order valence-electron chi connectivity index (χ4n) is 1.76. The van der Waals surface area contributed by atoms with Crippen LogP contribution in [0, 0.1) is 0 Å². The quantitative estimate of drug-likeness (QED) is 0.885. The number of hydrogen-bond acceptors (Lipinski definition) is 2. The van der Waals surface area contributed by atoms with Gasteiger partial charge in [0.05, 0.1) is 12.5 Å². The summed E-state index contributed by atoms with van der Waals surface area (Å²) < 4.78 is 1.01. The highest BCUT2D eigenvalue weighted by atomic mass is 79.9. The number of likely N-dealkylation sites (tertiary alicyclic amines) is 1. The first-order chi connectivity index (χ1) is 7.15. The number of carbonyl (C=O) groups excluding carboxylic acids is 1. The standard InChI is InChI=1S/C11H12BrNO2/c12-9-3-1-2-8(4-9)6-13-7-10(14)5-11(13)15/h1-4,10,14H,5-7H2. The normalized spacial score (nSPS) is 21.1. The van der Waals surface area contributed by atoms with Crippen molar-refractivity contribution in [2.24, 2.45) is 0 Å². The zero-order valence-corrected chi connectivity index (χ0v) is 9.77. The maximum atomic E-state index is 11.4. The summed E-state index contributed by atoms with van der Waals surface area (Å²) in [6.07, 6.45) is -0.238. The van der Waals surface area contributed by atoms with Crippen molar-refractivity contribution in [3.63, 3.8) is 0 Å². The van der Waals surface area contributed by atoms with Crippen LogP contribution in [0.15, 0.2) is 28.7 Å². The van der Waals surface area contributed by atoms with E-state index in [1.165, 1.54) is 0 Å². The molecule has 15 heavy (non-hydrogen) atoms. The Balaban J connectivity index is 2.06. The van der Waals surface area contributed by atoms with Gasteiger partial charge in [-0.2, -0.15) is 0 Å². The molecular weight excluding hydrogens is 258 g/mol. The number of aliphatic hydroxyl groups excluding tert-OH is 1. The third-order valence-corrected chi connectivity index (χ3v) is 2.95. The zero-order valence-electron chi connectivity index (χ0n) is 8.19. The van der Waals surface area contributed by atoms with Gasteiger partial charge in [-0.1, -0.05) is 28.1 Å². The van der Waals surface area contributed by atoms with E-state index >= 15 is 0 Å². The second kappa shape index (κ2) is 4.33. The Bertz CT molecular complexity index is 381. The van der Waals surface area contributed by atoms with Crippen molar-refractivity contribution in [1.82, 2.24) is 4.90 Å². The van der Waals surface area contributed by atoms with Crippen molar-refractivity contribution in [2.75, 3.05) is 6.54 Å². The summed E-state index contributed by atoms with van der Waals surface area (Å²) in [5.74, 6) is 0.0301. The summed E-state index contributed by atoms with van der Waals surface area (Å²) in [5, 5.41) is 9.33. The van der Waals surface area contributed by atoms with Crippen molar-refractivity contribution in [3.05, 3.63) is 34.3 Å².